The Hall–Kier alpha value is -0.700. The summed E-state index contributed by atoms with van der Waals surface area (Å²) < 4.78 is 3.85. The highest BCUT2D eigenvalue weighted by atomic mass is 127. The van der Waals surface area contributed by atoms with Gasteiger partial charge in [0.05, 0.1) is 5.69 Å². The van der Waals surface area contributed by atoms with Gasteiger partial charge in [-0.25, -0.2) is 4.68 Å². The van der Waals surface area contributed by atoms with Crippen LogP contribution >= 0.6 is 45.2 Å². The molecule has 0 radical (unpaired) electrons. The van der Waals surface area contributed by atoms with E-state index in [4.69, 9.17) is 0 Å². The predicted octanol–water partition coefficient (Wildman–Crippen LogP) is 3.63. The first-order chi connectivity index (χ1) is 8.27. The van der Waals surface area contributed by atoms with Crippen molar-refractivity contribution in [3.05, 3.63) is 49.9 Å². The van der Waals surface area contributed by atoms with Gasteiger partial charge in [-0.2, -0.15) is 0 Å². The van der Waals surface area contributed by atoms with E-state index in [1.54, 1.807) is 0 Å². The van der Waals surface area contributed by atoms with E-state index in [0.29, 0.717) is 0 Å². The summed E-state index contributed by atoms with van der Waals surface area (Å²) in [6.07, 6.45) is 0. The Morgan fingerprint density at radius 3 is 2.47 bits per heavy atom. The molecule has 0 atom stereocenters. The molecular weight excluding hydrogens is 440 g/mol. The van der Waals surface area contributed by atoms with Gasteiger partial charge in [0.15, 0.2) is 3.70 Å². The van der Waals surface area contributed by atoms with Crippen molar-refractivity contribution >= 4 is 56.0 Å². The van der Waals surface area contributed by atoms with Crippen LogP contribution in [0.2, 0.25) is 0 Å². The third-order valence-electron chi connectivity index (χ3n) is 2.57. The first-order valence-corrected chi connectivity index (χ1v) is 7.18. The van der Waals surface area contributed by atoms with Crippen molar-refractivity contribution < 1.29 is 0 Å². The maximum absolute atomic E-state index is 4.19. The van der Waals surface area contributed by atoms with Gasteiger partial charge in [-0.1, -0.05) is 41.6 Å². The summed E-state index contributed by atoms with van der Waals surface area (Å²) in [4.78, 5) is 0. The van der Waals surface area contributed by atoms with Crippen LogP contribution in [0.1, 0.15) is 0 Å². The molecule has 0 unspecified atom stereocenters. The topological polar surface area (TPSA) is 30.7 Å². The van der Waals surface area contributed by atoms with Crippen molar-refractivity contribution in [2.24, 2.45) is 0 Å². The number of fused-ring (bicyclic) bond motifs is 1. The summed E-state index contributed by atoms with van der Waals surface area (Å²) in [7, 11) is 0. The van der Waals surface area contributed by atoms with Crippen molar-refractivity contribution in [1.29, 1.82) is 0 Å². The summed E-state index contributed by atoms with van der Waals surface area (Å²) >= 11 is 4.46. The molecule has 0 saturated carbocycles. The molecule has 0 spiro atoms. The molecule has 0 aliphatic carbocycles. The molecule has 0 aliphatic heterocycles. The monoisotopic (exact) mass is 447 g/mol. The van der Waals surface area contributed by atoms with Crippen LogP contribution < -0.4 is 0 Å². The van der Waals surface area contributed by atoms with Gasteiger partial charge in [-0.15, -0.1) is 5.10 Å². The zero-order chi connectivity index (χ0) is 11.8. The van der Waals surface area contributed by atoms with E-state index in [1.807, 2.05) is 22.9 Å². The van der Waals surface area contributed by atoms with Crippen molar-refractivity contribution in [3.63, 3.8) is 0 Å². The van der Waals surface area contributed by atoms with Crippen LogP contribution in [0.3, 0.4) is 0 Å². The molecule has 1 heterocycles. The minimum Gasteiger partial charge on any atom is -0.206 e. The fraction of sp³-hybridized carbons (Fsp3) is 0. The van der Waals surface area contributed by atoms with E-state index in [9.17, 15) is 0 Å². The first kappa shape index (κ1) is 11.4. The number of halogens is 2. The van der Waals surface area contributed by atoms with Gasteiger partial charge in [-0.05, 0) is 56.6 Å². The lowest BCUT2D eigenvalue weighted by Crippen LogP contribution is -2.00. The molecular formula is C12H7I2N3. The van der Waals surface area contributed by atoms with Crippen molar-refractivity contribution in [3.8, 4) is 5.69 Å². The highest BCUT2D eigenvalue weighted by molar-refractivity contribution is 14.1. The van der Waals surface area contributed by atoms with E-state index in [2.05, 4.69) is 79.8 Å². The normalized spacial score (nSPS) is 10.9. The number of aromatic nitrogens is 3. The van der Waals surface area contributed by atoms with Crippen molar-refractivity contribution in [1.82, 2.24) is 15.0 Å². The van der Waals surface area contributed by atoms with Crippen LogP contribution in [0.4, 0.5) is 0 Å². The zero-order valence-electron chi connectivity index (χ0n) is 8.64. The van der Waals surface area contributed by atoms with Gasteiger partial charge >= 0.3 is 0 Å². The minimum absolute atomic E-state index is 0.927. The fourth-order valence-electron chi connectivity index (χ4n) is 1.80. The zero-order valence-corrected chi connectivity index (χ0v) is 13.0. The molecule has 3 rings (SSSR count). The molecule has 0 amide bonds. The molecule has 0 saturated heterocycles. The molecule has 0 N–H and O–H groups in total. The summed E-state index contributed by atoms with van der Waals surface area (Å²) in [5, 5.41) is 10.7. The van der Waals surface area contributed by atoms with E-state index in [1.165, 1.54) is 10.8 Å². The quantitative estimate of drug-likeness (QED) is 0.534. The van der Waals surface area contributed by atoms with Crippen LogP contribution in [0.5, 0.6) is 0 Å². The third-order valence-corrected chi connectivity index (χ3v) is 5.30. The molecule has 5 heteroatoms. The summed E-state index contributed by atoms with van der Waals surface area (Å²) in [5.41, 5.74) is 1.07. The Morgan fingerprint density at radius 2 is 1.71 bits per heavy atom. The van der Waals surface area contributed by atoms with E-state index in [0.717, 1.165) is 13.1 Å². The Bertz CT molecular complexity index is 686. The van der Waals surface area contributed by atoms with Gasteiger partial charge < -0.3 is 0 Å². The number of nitrogens with zero attached hydrogens (tertiary/aromatic N) is 3. The highest BCUT2D eigenvalue weighted by Crippen LogP contribution is 2.24. The number of benzene rings is 2. The molecule has 84 valence electrons. The summed E-state index contributed by atoms with van der Waals surface area (Å²) in [6.45, 7) is 0. The molecule has 3 nitrogen and oxygen atoms in total. The smallest absolute Gasteiger partial charge is 0.157 e. The van der Waals surface area contributed by atoms with Crippen LogP contribution in [-0.4, -0.2) is 15.0 Å². The molecule has 0 aliphatic rings. The first-order valence-electron chi connectivity index (χ1n) is 5.02. The Balaban J connectivity index is 2.34. The lowest BCUT2D eigenvalue weighted by Gasteiger charge is -2.06. The molecule has 17 heavy (non-hydrogen) atoms. The Labute approximate surface area is 125 Å². The largest absolute Gasteiger partial charge is 0.206 e. The maximum atomic E-state index is 4.19. The van der Waals surface area contributed by atoms with Crippen molar-refractivity contribution in [2.75, 3.05) is 0 Å². The second-order valence-corrected chi connectivity index (χ2v) is 5.62. The molecule has 3 aromatic rings. The highest BCUT2D eigenvalue weighted by Gasteiger charge is 2.10. The van der Waals surface area contributed by atoms with Crippen LogP contribution in [0, 0.1) is 7.40 Å². The number of hydrogen-bond donors (Lipinski definition) is 0. The average Bonchev–Trinajstić information content (AvgIpc) is 2.69. The summed E-state index contributed by atoms with van der Waals surface area (Å²) in [5.74, 6) is 0. The maximum Gasteiger partial charge on any atom is 0.157 e. The second kappa shape index (κ2) is 4.52. The molecule has 0 fully saturated rings. The third kappa shape index (κ3) is 1.95. The predicted molar refractivity (Wildman–Crippen MR) is 84.3 cm³/mol. The Kier molecular flexibility index (Phi) is 3.03. The average molecular weight is 447 g/mol. The molecule has 1 aromatic heterocycles. The second-order valence-electron chi connectivity index (χ2n) is 3.58. The van der Waals surface area contributed by atoms with E-state index < -0.39 is 0 Å². The van der Waals surface area contributed by atoms with Crippen LogP contribution in [0.15, 0.2) is 42.5 Å². The van der Waals surface area contributed by atoms with E-state index in [-0.39, 0.29) is 0 Å². The van der Waals surface area contributed by atoms with E-state index >= 15 is 0 Å². The standard InChI is InChI=1S/C12H7I2N3/c13-11-12(14)17(16-15-11)10-7-3-5-8-4-1-2-6-9(8)10/h1-7H. The lowest BCUT2D eigenvalue weighted by molar-refractivity contribution is 0.795. The SMILES string of the molecule is Ic1nnn(-c2cccc3ccccc23)c1I. The van der Waals surface area contributed by atoms with Gasteiger partial charge in [-0.3, -0.25) is 0 Å². The van der Waals surface area contributed by atoms with Gasteiger partial charge in [0, 0.05) is 5.39 Å². The minimum atomic E-state index is 0.927. The van der Waals surface area contributed by atoms with Gasteiger partial charge in [0.1, 0.15) is 3.70 Å². The molecule has 0 bridgehead atoms. The summed E-state index contributed by atoms with van der Waals surface area (Å²) in [6, 6.07) is 14.5. The van der Waals surface area contributed by atoms with Crippen LogP contribution in [-0.2, 0) is 0 Å². The number of hydrogen-bond acceptors (Lipinski definition) is 2. The van der Waals surface area contributed by atoms with Gasteiger partial charge in [0.2, 0.25) is 0 Å². The van der Waals surface area contributed by atoms with Crippen LogP contribution in [0.25, 0.3) is 16.5 Å². The Morgan fingerprint density at radius 1 is 0.941 bits per heavy atom. The fourth-order valence-corrected chi connectivity index (χ4v) is 2.59. The molecule has 2 aromatic carbocycles. The number of rotatable bonds is 1. The lowest BCUT2D eigenvalue weighted by atomic mass is 10.1. The van der Waals surface area contributed by atoms with Crippen molar-refractivity contribution in [2.45, 2.75) is 0 Å². The van der Waals surface area contributed by atoms with Gasteiger partial charge in [0.25, 0.3) is 0 Å².